The number of benzene rings is 3. The van der Waals surface area contributed by atoms with E-state index < -0.39 is 5.91 Å². The predicted molar refractivity (Wildman–Crippen MR) is 133 cm³/mol. The molecule has 0 heterocycles. The number of thiocarbonyl (C=S) groups is 1. The molecule has 4 N–H and O–H groups in total. The Morgan fingerprint density at radius 2 is 1.55 bits per heavy atom. The molecule has 3 aromatic carbocycles. The number of hydrogen-bond donors (Lipinski definition) is 4. The van der Waals surface area contributed by atoms with Crippen molar-refractivity contribution in [2.24, 2.45) is 0 Å². The second-order valence-corrected chi connectivity index (χ2v) is 8.14. The number of carbonyl (C=O) groups is 3. The Balaban J connectivity index is 1.40. The monoisotopic (exact) mass is 462 g/mol. The number of nitrogens with one attached hydrogen (secondary N) is 4. The number of rotatable bonds is 6. The fourth-order valence-corrected chi connectivity index (χ4v) is 3.49. The molecule has 0 fully saturated rings. The van der Waals surface area contributed by atoms with Crippen molar-refractivity contribution in [3.05, 3.63) is 77.4 Å². The van der Waals surface area contributed by atoms with Crippen LogP contribution < -0.4 is 21.5 Å². The molecule has 7 nitrogen and oxygen atoms in total. The van der Waals surface area contributed by atoms with Crippen LogP contribution in [0.2, 0.25) is 0 Å². The number of hydrogen-bond acceptors (Lipinski definition) is 4. The number of fused-ring (bicyclic) bond motifs is 1. The molecule has 0 radical (unpaired) electrons. The molecular formula is C25H26N4O3S. The Morgan fingerprint density at radius 3 is 2.36 bits per heavy atom. The quantitative estimate of drug-likeness (QED) is 0.332. The lowest BCUT2D eigenvalue weighted by Gasteiger charge is -2.12. The molecule has 0 aromatic heterocycles. The van der Waals surface area contributed by atoms with Gasteiger partial charge >= 0.3 is 0 Å². The Morgan fingerprint density at radius 1 is 0.818 bits per heavy atom. The highest BCUT2D eigenvalue weighted by Gasteiger charge is 2.11. The van der Waals surface area contributed by atoms with E-state index in [9.17, 15) is 14.4 Å². The van der Waals surface area contributed by atoms with E-state index >= 15 is 0 Å². The van der Waals surface area contributed by atoms with Crippen molar-refractivity contribution < 1.29 is 14.4 Å². The fraction of sp³-hybridized carbons (Fsp3) is 0.200. The molecular weight excluding hydrogens is 436 g/mol. The largest absolute Gasteiger partial charge is 0.326 e. The van der Waals surface area contributed by atoms with Crippen LogP contribution in [0.4, 0.5) is 5.69 Å². The van der Waals surface area contributed by atoms with Crippen LogP contribution in [-0.2, 0) is 20.8 Å². The molecule has 170 valence electrons. The van der Waals surface area contributed by atoms with Gasteiger partial charge in [0, 0.05) is 18.5 Å². The average Bonchev–Trinajstić information content (AvgIpc) is 2.79. The normalized spacial score (nSPS) is 10.4. The van der Waals surface area contributed by atoms with Gasteiger partial charge in [-0.25, -0.2) is 0 Å². The van der Waals surface area contributed by atoms with E-state index in [0.717, 1.165) is 33.2 Å². The van der Waals surface area contributed by atoms with E-state index in [0.29, 0.717) is 0 Å². The van der Waals surface area contributed by atoms with Gasteiger partial charge in [-0.15, -0.1) is 0 Å². The molecule has 8 heteroatoms. The van der Waals surface area contributed by atoms with E-state index in [2.05, 4.69) is 21.5 Å². The van der Waals surface area contributed by atoms with Gasteiger partial charge < -0.3 is 10.6 Å². The van der Waals surface area contributed by atoms with Crippen LogP contribution in [0, 0.1) is 13.8 Å². The van der Waals surface area contributed by atoms with Crippen LogP contribution in [-0.4, -0.2) is 22.8 Å². The summed E-state index contributed by atoms with van der Waals surface area (Å²) in [4.78, 5) is 36.5. The van der Waals surface area contributed by atoms with Gasteiger partial charge in [0.2, 0.25) is 17.7 Å². The summed E-state index contributed by atoms with van der Waals surface area (Å²) in [6.07, 6.45) is 0.132. The molecule has 0 saturated heterocycles. The van der Waals surface area contributed by atoms with Crippen LogP contribution >= 0.6 is 12.2 Å². The van der Waals surface area contributed by atoms with Crippen LogP contribution in [0.5, 0.6) is 0 Å². The summed E-state index contributed by atoms with van der Waals surface area (Å²) in [6.45, 7) is 3.85. The molecule has 0 aliphatic rings. The molecule has 0 saturated carbocycles. The van der Waals surface area contributed by atoms with Gasteiger partial charge in [0.1, 0.15) is 0 Å². The first-order valence-electron chi connectivity index (χ1n) is 10.5. The number of carbonyl (C=O) groups excluding carboxylic acids is 3. The van der Waals surface area contributed by atoms with Gasteiger partial charge in [0.05, 0.1) is 6.42 Å². The molecule has 0 unspecified atom stereocenters. The van der Waals surface area contributed by atoms with Crippen molar-refractivity contribution in [1.82, 2.24) is 16.2 Å². The zero-order valence-electron chi connectivity index (χ0n) is 18.5. The summed E-state index contributed by atoms with van der Waals surface area (Å²) < 4.78 is 0. The standard InChI is InChI=1S/C25H26N4O3S/c1-16-10-11-17(2)21(14-16)26-22(30)12-13-23(31)28-29-25(33)27-24(32)15-19-8-5-7-18-6-3-4-9-20(18)19/h3-11,14H,12-13,15H2,1-2H3,(H,26,30)(H,28,31)(H2,27,29,32,33). The minimum atomic E-state index is -0.420. The maximum absolute atomic E-state index is 12.3. The lowest BCUT2D eigenvalue weighted by molar-refractivity contribution is -0.124. The highest BCUT2D eigenvalue weighted by Crippen LogP contribution is 2.19. The van der Waals surface area contributed by atoms with E-state index in [1.807, 2.05) is 74.5 Å². The maximum Gasteiger partial charge on any atom is 0.238 e. The molecule has 3 amide bonds. The smallest absolute Gasteiger partial charge is 0.238 e. The minimum absolute atomic E-state index is 0.0150. The Bertz CT molecular complexity index is 1200. The van der Waals surface area contributed by atoms with Crippen LogP contribution in [0.1, 0.15) is 29.5 Å². The molecule has 0 aliphatic carbocycles. The summed E-state index contributed by atoms with van der Waals surface area (Å²) in [5.74, 6) is -0.979. The van der Waals surface area contributed by atoms with Crippen molar-refractivity contribution in [3.8, 4) is 0 Å². The van der Waals surface area contributed by atoms with E-state index in [1.54, 1.807) is 0 Å². The van der Waals surface area contributed by atoms with Gasteiger partial charge in [-0.3, -0.25) is 25.2 Å². The van der Waals surface area contributed by atoms with Crippen molar-refractivity contribution in [2.45, 2.75) is 33.1 Å². The van der Waals surface area contributed by atoms with Gasteiger partial charge in [-0.1, -0.05) is 54.6 Å². The lowest BCUT2D eigenvalue weighted by atomic mass is 10.0. The molecule has 0 bridgehead atoms. The minimum Gasteiger partial charge on any atom is -0.326 e. The Labute approximate surface area is 197 Å². The van der Waals surface area contributed by atoms with E-state index in [1.165, 1.54) is 0 Å². The van der Waals surface area contributed by atoms with Gasteiger partial charge in [0.25, 0.3) is 0 Å². The Hall–Kier alpha value is -3.78. The summed E-state index contributed by atoms with van der Waals surface area (Å²) in [6, 6.07) is 19.4. The van der Waals surface area contributed by atoms with Gasteiger partial charge in [-0.2, -0.15) is 0 Å². The SMILES string of the molecule is Cc1ccc(C)c(NC(=O)CCC(=O)NNC(=S)NC(=O)Cc2cccc3ccccc23)c1. The fourth-order valence-electron chi connectivity index (χ4n) is 3.32. The number of aryl methyl sites for hydroxylation is 2. The zero-order valence-corrected chi connectivity index (χ0v) is 19.3. The summed E-state index contributed by atoms with van der Waals surface area (Å²) in [5.41, 5.74) is 8.49. The van der Waals surface area contributed by atoms with E-state index in [4.69, 9.17) is 12.2 Å². The van der Waals surface area contributed by atoms with Crippen LogP contribution in [0.15, 0.2) is 60.7 Å². The first kappa shape index (κ1) is 23.9. The third kappa shape index (κ3) is 7.11. The topological polar surface area (TPSA) is 99.3 Å². The third-order valence-electron chi connectivity index (χ3n) is 5.05. The zero-order chi connectivity index (χ0) is 23.8. The number of hydrazine groups is 1. The predicted octanol–water partition coefficient (Wildman–Crippen LogP) is 3.44. The van der Waals surface area contributed by atoms with Crippen molar-refractivity contribution in [2.75, 3.05) is 5.32 Å². The molecule has 0 aliphatic heterocycles. The summed E-state index contributed by atoms with van der Waals surface area (Å²) >= 11 is 5.07. The highest BCUT2D eigenvalue weighted by molar-refractivity contribution is 7.80. The number of amides is 3. The third-order valence-corrected chi connectivity index (χ3v) is 5.25. The van der Waals surface area contributed by atoms with Crippen molar-refractivity contribution in [3.63, 3.8) is 0 Å². The molecule has 0 atom stereocenters. The second kappa shape index (κ2) is 11.2. The number of anilines is 1. The first-order valence-corrected chi connectivity index (χ1v) is 10.9. The van der Waals surface area contributed by atoms with Crippen LogP contribution in [0.3, 0.4) is 0 Å². The first-order chi connectivity index (χ1) is 15.8. The maximum atomic E-state index is 12.3. The highest BCUT2D eigenvalue weighted by atomic mass is 32.1. The summed E-state index contributed by atoms with van der Waals surface area (Å²) in [7, 11) is 0. The molecule has 3 rings (SSSR count). The Kier molecular flexibility index (Phi) is 8.10. The van der Waals surface area contributed by atoms with E-state index in [-0.39, 0.29) is 36.2 Å². The lowest BCUT2D eigenvalue weighted by Crippen LogP contribution is -2.48. The molecule has 0 spiro atoms. The average molecular weight is 463 g/mol. The second-order valence-electron chi connectivity index (χ2n) is 7.73. The molecule has 33 heavy (non-hydrogen) atoms. The van der Waals surface area contributed by atoms with Gasteiger partial charge in [0.15, 0.2) is 5.11 Å². The molecule has 3 aromatic rings. The van der Waals surface area contributed by atoms with Crippen molar-refractivity contribution >= 4 is 51.5 Å². The van der Waals surface area contributed by atoms with Crippen molar-refractivity contribution in [1.29, 1.82) is 0 Å². The summed E-state index contributed by atoms with van der Waals surface area (Å²) in [5, 5.41) is 7.39. The van der Waals surface area contributed by atoms with Crippen LogP contribution in [0.25, 0.3) is 10.8 Å². The van der Waals surface area contributed by atoms with Gasteiger partial charge in [-0.05, 0) is 59.6 Å².